The molecule has 0 radical (unpaired) electrons. The molecular formula is C15H11BrClN3O. The number of hydrogen-bond donors (Lipinski definition) is 2. The molecule has 1 amide bonds. The van der Waals surface area contributed by atoms with Crippen LogP contribution in [0.5, 0.6) is 0 Å². The normalized spacial score (nSPS) is 9.76. The maximum Gasteiger partial charge on any atom is 0.243 e. The zero-order valence-electron chi connectivity index (χ0n) is 10.9. The van der Waals surface area contributed by atoms with E-state index in [1.165, 1.54) is 0 Å². The molecule has 2 N–H and O–H groups in total. The Morgan fingerprint density at radius 1 is 1.29 bits per heavy atom. The first-order chi connectivity index (χ1) is 10.1. The van der Waals surface area contributed by atoms with Gasteiger partial charge in [-0.1, -0.05) is 33.6 Å². The molecule has 0 saturated heterocycles. The number of anilines is 2. The summed E-state index contributed by atoms with van der Waals surface area (Å²) in [6.45, 7) is 0.0532. The van der Waals surface area contributed by atoms with E-state index in [1.54, 1.807) is 42.5 Å². The minimum Gasteiger partial charge on any atom is -0.375 e. The summed E-state index contributed by atoms with van der Waals surface area (Å²) < 4.78 is 0.833. The van der Waals surface area contributed by atoms with Crippen LogP contribution in [0.1, 0.15) is 5.56 Å². The van der Waals surface area contributed by atoms with Crippen molar-refractivity contribution >= 4 is 44.8 Å². The van der Waals surface area contributed by atoms with Crippen molar-refractivity contribution in [2.45, 2.75) is 0 Å². The van der Waals surface area contributed by atoms with E-state index in [0.717, 1.165) is 4.47 Å². The standard InChI is InChI=1S/C15H11BrClN3O/c16-11-5-4-10(8-18)14(6-11)19-9-15(21)20-13-3-1-2-12(17)7-13/h1-7,19H,9H2,(H,20,21). The Morgan fingerprint density at radius 2 is 2.10 bits per heavy atom. The number of rotatable bonds is 4. The summed E-state index contributed by atoms with van der Waals surface area (Å²) in [4.78, 5) is 11.9. The Morgan fingerprint density at radius 3 is 2.81 bits per heavy atom. The first kappa shape index (κ1) is 15.4. The second-order valence-electron chi connectivity index (χ2n) is 4.21. The number of nitrogens with one attached hydrogen (secondary N) is 2. The van der Waals surface area contributed by atoms with Gasteiger partial charge in [0.1, 0.15) is 6.07 Å². The number of carbonyl (C=O) groups is 1. The van der Waals surface area contributed by atoms with Gasteiger partial charge >= 0.3 is 0 Å². The number of benzene rings is 2. The van der Waals surface area contributed by atoms with E-state index >= 15 is 0 Å². The number of carbonyl (C=O) groups excluding carboxylic acids is 1. The van der Waals surface area contributed by atoms with Gasteiger partial charge in [0.05, 0.1) is 17.8 Å². The highest BCUT2D eigenvalue weighted by Crippen LogP contribution is 2.20. The molecule has 0 saturated carbocycles. The quantitative estimate of drug-likeness (QED) is 0.861. The summed E-state index contributed by atoms with van der Waals surface area (Å²) in [5.41, 5.74) is 1.71. The highest BCUT2D eigenvalue weighted by molar-refractivity contribution is 9.10. The van der Waals surface area contributed by atoms with Crippen LogP contribution in [-0.2, 0) is 4.79 Å². The third-order valence-corrected chi connectivity index (χ3v) is 3.38. The zero-order valence-corrected chi connectivity index (χ0v) is 13.2. The highest BCUT2D eigenvalue weighted by atomic mass is 79.9. The molecule has 0 bridgehead atoms. The van der Waals surface area contributed by atoms with Crippen molar-refractivity contribution < 1.29 is 4.79 Å². The Hall–Kier alpha value is -2.03. The molecule has 2 rings (SSSR count). The summed E-state index contributed by atoms with van der Waals surface area (Å²) in [6, 6.07) is 14.2. The fraction of sp³-hybridized carbons (Fsp3) is 0.0667. The van der Waals surface area contributed by atoms with Crippen molar-refractivity contribution in [2.75, 3.05) is 17.2 Å². The maximum atomic E-state index is 11.9. The minimum atomic E-state index is -0.221. The third-order valence-electron chi connectivity index (χ3n) is 2.65. The van der Waals surface area contributed by atoms with Gasteiger partial charge in [0, 0.05) is 15.2 Å². The molecule has 0 spiro atoms. The van der Waals surface area contributed by atoms with Crippen LogP contribution < -0.4 is 10.6 Å². The smallest absolute Gasteiger partial charge is 0.243 e. The maximum absolute atomic E-state index is 11.9. The molecule has 0 unspecified atom stereocenters. The minimum absolute atomic E-state index is 0.0532. The largest absolute Gasteiger partial charge is 0.375 e. The third kappa shape index (κ3) is 4.48. The molecule has 0 aliphatic carbocycles. The zero-order chi connectivity index (χ0) is 15.2. The predicted octanol–water partition coefficient (Wildman–Crippen LogP) is 4.02. The topological polar surface area (TPSA) is 64.9 Å². The number of amides is 1. The van der Waals surface area contributed by atoms with E-state index in [-0.39, 0.29) is 12.5 Å². The Bertz CT molecular complexity index is 712. The SMILES string of the molecule is N#Cc1ccc(Br)cc1NCC(=O)Nc1cccc(Cl)c1. The van der Waals surface area contributed by atoms with E-state index in [9.17, 15) is 4.79 Å². The van der Waals surface area contributed by atoms with Crippen LogP contribution in [0.25, 0.3) is 0 Å². The lowest BCUT2D eigenvalue weighted by atomic mass is 10.2. The van der Waals surface area contributed by atoms with Gasteiger partial charge in [-0.2, -0.15) is 5.26 Å². The van der Waals surface area contributed by atoms with E-state index < -0.39 is 0 Å². The summed E-state index contributed by atoms with van der Waals surface area (Å²) in [7, 11) is 0. The van der Waals surface area contributed by atoms with Gasteiger partial charge < -0.3 is 10.6 Å². The van der Waals surface area contributed by atoms with Crippen molar-refractivity contribution in [3.05, 3.63) is 57.5 Å². The van der Waals surface area contributed by atoms with E-state index in [2.05, 4.69) is 32.6 Å². The summed E-state index contributed by atoms with van der Waals surface area (Å²) >= 11 is 9.18. The lowest BCUT2D eigenvalue weighted by Gasteiger charge is -2.09. The van der Waals surface area contributed by atoms with Crippen LogP contribution in [0, 0.1) is 11.3 Å². The number of halogens is 2. The van der Waals surface area contributed by atoms with Crippen molar-refractivity contribution in [1.82, 2.24) is 0 Å². The number of nitriles is 1. The van der Waals surface area contributed by atoms with E-state index in [4.69, 9.17) is 16.9 Å². The van der Waals surface area contributed by atoms with Crippen LogP contribution in [-0.4, -0.2) is 12.5 Å². The van der Waals surface area contributed by atoms with Crippen LogP contribution in [0.4, 0.5) is 11.4 Å². The molecule has 6 heteroatoms. The fourth-order valence-electron chi connectivity index (χ4n) is 1.71. The molecule has 0 atom stereocenters. The lowest BCUT2D eigenvalue weighted by molar-refractivity contribution is -0.114. The average Bonchev–Trinajstić information content (AvgIpc) is 2.45. The van der Waals surface area contributed by atoms with Crippen molar-refractivity contribution in [3.8, 4) is 6.07 Å². The Labute approximate surface area is 135 Å². The second kappa shape index (κ2) is 7.11. The summed E-state index contributed by atoms with van der Waals surface area (Å²) in [5, 5.41) is 15.2. The van der Waals surface area contributed by atoms with Crippen LogP contribution in [0.2, 0.25) is 5.02 Å². The molecular weight excluding hydrogens is 354 g/mol. The summed E-state index contributed by atoms with van der Waals surface area (Å²) in [5.74, 6) is -0.221. The number of hydrogen-bond acceptors (Lipinski definition) is 3. The van der Waals surface area contributed by atoms with Crippen molar-refractivity contribution in [3.63, 3.8) is 0 Å². The second-order valence-corrected chi connectivity index (χ2v) is 5.57. The van der Waals surface area contributed by atoms with Gasteiger partial charge in [0.25, 0.3) is 0 Å². The van der Waals surface area contributed by atoms with Gasteiger partial charge in [-0.3, -0.25) is 4.79 Å². The molecule has 4 nitrogen and oxygen atoms in total. The van der Waals surface area contributed by atoms with Crippen LogP contribution in [0.15, 0.2) is 46.9 Å². The molecule has 2 aromatic carbocycles. The van der Waals surface area contributed by atoms with E-state index in [0.29, 0.717) is 22.0 Å². The lowest BCUT2D eigenvalue weighted by Crippen LogP contribution is -2.22. The molecule has 106 valence electrons. The van der Waals surface area contributed by atoms with Gasteiger partial charge in [-0.25, -0.2) is 0 Å². The Balaban J connectivity index is 1.99. The van der Waals surface area contributed by atoms with Crippen LogP contribution >= 0.6 is 27.5 Å². The summed E-state index contributed by atoms with van der Waals surface area (Å²) in [6.07, 6.45) is 0. The van der Waals surface area contributed by atoms with Crippen molar-refractivity contribution in [2.24, 2.45) is 0 Å². The Kier molecular flexibility index (Phi) is 5.20. The molecule has 0 fully saturated rings. The molecule has 2 aromatic rings. The monoisotopic (exact) mass is 363 g/mol. The first-order valence-electron chi connectivity index (χ1n) is 6.07. The van der Waals surface area contributed by atoms with Crippen molar-refractivity contribution in [1.29, 1.82) is 5.26 Å². The van der Waals surface area contributed by atoms with Gasteiger partial charge in [-0.15, -0.1) is 0 Å². The number of nitrogens with zero attached hydrogens (tertiary/aromatic N) is 1. The fourth-order valence-corrected chi connectivity index (χ4v) is 2.26. The molecule has 21 heavy (non-hydrogen) atoms. The molecule has 0 aliphatic heterocycles. The molecule has 0 heterocycles. The van der Waals surface area contributed by atoms with Gasteiger partial charge in [0.2, 0.25) is 5.91 Å². The van der Waals surface area contributed by atoms with E-state index in [1.807, 2.05) is 0 Å². The predicted molar refractivity (Wildman–Crippen MR) is 87.4 cm³/mol. The molecule has 0 aliphatic rings. The first-order valence-corrected chi connectivity index (χ1v) is 7.24. The highest BCUT2D eigenvalue weighted by Gasteiger charge is 2.06. The average molecular weight is 365 g/mol. The van der Waals surface area contributed by atoms with Gasteiger partial charge in [-0.05, 0) is 36.4 Å². The van der Waals surface area contributed by atoms with Crippen LogP contribution in [0.3, 0.4) is 0 Å². The molecule has 0 aromatic heterocycles. The van der Waals surface area contributed by atoms with Gasteiger partial charge in [0.15, 0.2) is 0 Å².